The summed E-state index contributed by atoms with van der Waals surface area (Å²) in [5.74, 6) is -1.63. The number of cyclic esters (lactones) is 1. The van der Waals surface area contributed by atoms with Gasteiger partial charge in [-0.15, -0.1) is 0 Å². The van der Waals surface area contributed by atoms with E-state index in [1.807, 2.05) is 0 Å². The molecule has 1 aromatic carbocycles. The number of nitrogens with one attached hydrogen (secondary N) is 1. The van der Waals surface area contributed by atoms with Crippen molar-refractivity contribution >= 4 is 27.4 Å². The summed E-state index contributed by atoms with van der Waals surface area (Å²) in [7, 11) is -3.60. The Morgan fingerprint density at radius 3 is 2.54 bits per heavy atom. The maximum atomic E-state index is 12.3. The van der Waals surface area contributed by atoms with Gasteiger partial charge in [0.2, 0.25) is 0 Å². The molecular formula is C16H15NO6S. The number of hydrogen-bond donors (Lipinski definition) is 1. The number of benzene rings is 1. The molecule has 1 N–H and O–H groups in total. The summed E-state index contributed by atoms with van der Waals surface area (Å²) in [4.78, 5) is 23.4. The average molecular weight is 349 g/mol. The summed E-state index contributed by atoms with van der Waals surface area (Å²) in [5.41, 5.74) is 0.440. The third-order valence-electron chi connectivity index (χ3n) is 3.68. The van der Waals surface area contributed by atoms with Gasteiger partial charge in [0.1, 0.15) is 0 Å². The molecule has 0 radical (unpaired) electrons. The zero-order valence-corrected chi connectivity index (χ0v) is 13.4. The fraction of sp³-hybridized carbons (Fsp3) is 0.250. The highest BCUT2D eigenvalue weighted by atomic mass is 32.2. The number of amides is 1. The zero-order chi connectivity index (χ0) is 17.2. The van der Waals surface area contributed by atoms with E-state index in [2.05, 4.69) is 5.32 Å². The Morgan fingerprint density at radius 1 is 1.21 bits per heavy atom. The highest BCUT2D eigenvalue weighted by molar-refractivity contribution is 7.91. The molecule has 1 aliphatic rings. The van der Waals surface area contributed by atoms with Gasteiger partial charge in [0.05, 0.1) is 29.4 Å². The Bertz CT molecular complexity index is 839. The van der Waals surface area contributed by atoms with Crippen molar-refractivity contribution in [3.63, 3.8) is 0 Å². The Morgan fingerprint density at radius 2 is 1.96 bits per heavy atom. The van der Waals surface area contributed by atoms with Crippen LogP contribution in [-0.2, 0) is 19.4 Å². The van der Waals surface area contributed by atoms with Crippen molar-refractivity contribution in [2.75, 3.05) is 17.7 Å². The molecule has 1 atom stereocenters. The van der Waals surface area contributed by atoms with Gasteiger partial charge in [-0.2, -0.15) is 0 Å². The maximum Gasteiger partial charge on any atom is 0.310 e. The number of furan rings is 1. The predicted molar refractivity (Wildman–Crippen MR) is 84.2 cm³/mol. The molecule has 2 aromatic rings. The van der Waals surface area contributed by atoms with Crippen molar-refractivity contribution in [3.8, 4) is 0 Å². The molecule has 1 unspecified atom stereocenters. The quantitative estimate of drug-likeness (QED) is 0.827. The van der Waals surface area contributed by atoms with Crippen LogP contribution in [0.3, 0.4) is 0 Å². The largest absolute Gasteiger partial charge is 0.465 e. The number of sulfone groups is 1. The Balaban J connectivity index is 1.69. The zero-order valence-electron chi connectivity index (χ0n) is 12.6. The summed E-state index contributed by atoms with van der Waals surface area (Å²) < 4.78 is 34.5. The molecule has 0 saturated carbocycles. The molecule has 0 aliphatic carbocycles. The van der Waals surface area contributed by atoms with Gasteiger partial charge in [0.25, 0.3) is 5.91 Å². The fourth-order valence-electron chi connectivity index (χ4n) is 2.40. The summed E-state index contributed by atoms with van der Waals surface area (Å²) in [6, 6.07) is 8.88. The highest BCUT2D eigenvalue weighted by Gasteiger charge is 2.32. The summed E-state index contributed by atoms with van der Waals surface area (Å²) >= 11 is 0. The van der Waals surface area contributed by atoms with Crippen molar-refractivity contribution in [3.05, 3.63) is 48.4 Å². The molecule has 1 fully saturated rings. The SMILES string of the molecule is O=C(Nc1ccc(S(=O)(=O)CC2CCOC2=O)cc1)c1ccco1. The molecule has 3 rings (SSSR count). The minimum atomic E-state index is -3.60. The van der Waals surface area contributed by atoms with Crippen molar-refractivity contribution in [2.24, 2.45) is 5.92 Å². The van der Waals surface area contributed by atoms with E-state index < -0.39 is 27.6 Å². The van der Waals surface area contributed by atoms with Crippen molar-refractivity contribution in [1.82, 2.24) is 0 Å². The minimum Gasteiger partial charge on any atom is -0.465 e. The highest BCUT2D eigenvalue weighted by Crippen LogP contribution is 2.22. The lowest BCUT2D eigenvalue weighted by Gasteiger charge is -2.09. The molecule has 1 aromatic heterocycles. The Kier molecular flexibility index (Phi) is 4.39. The van der Waals surface area contributed by atoms with Gasteiger partial charge in [0, 0.05) is 5.69 Å². The number of esters is 1. The lowest BCUT2D eigenvalue weighted by molar-refractivity contribution is -0.140. The number of ether oxygens (including phenoxy) is 1. The standard InChI is InChI=1S/C16H15NO6S/c18-15(14-2-1-8-22-14)17-12-3-5-13(6-4-12)24(20,21)10-11-7-9-23-16(11)19/h1-6,8,11H,7,9-10H2,(H,17,18). The van der Waals surface area contributed by atoms with E-state index in [4.69, 9.17) is 9.15 Å². The fourth-order valence-corrected chi connectivity index (χ4v) is 3.97. The van der Waals surface area contributed by atoms with Crippen LogP contribution in [0.5, 0.6) is 0 Å². The van der Waals surface area contributed by atoms with Gasteiger partial charge in [-0.3, -0.25) is 9.59 Å². The van der Waals surface area contributed by atoms with E-state index in [1.54, 1.807) is 6.07 Å². The van der Waals surface area contributed by atoms with Gasteiger partial charge in [-0.1, -0.05) is 0 Å². The van der Waals surface area contributed by atoms with E-state index in [9.17, 15) is 18.0 Å². The topological polar surface area (TPSA) is 103 Å². The van der Waals surface area contributed by atoms with Crippen LogP contribution in [0.15, 0.2) is 52.0 Å². The third kappa shape index (κ3) is 3.48. The van der Waals surface area contributed by atoms with Crippen molar-refractivity contribution in [2.45, 2.75) is 11.3 Å². The first-order valence-electron chi connectivity index (χ1n) is 7.30. The molecule has 2 heterocycles. The number of anilines is 1. The number of hydrogen-bond acceptors (Lipinski definition) is 6. The second-order valence-corrected chi connectivity index (χ2v) is 7.42. The molecule has 24 heavy (non-hydrogen) atoms. The van der Waals surface area contributed by atoms with Crippen LogP contribution in [0.25, 0.3) is 0 Å². The van der Waals surface area contributed by atoms with Crippen LogP contribution >= 0.6 is 0 Å². The molecule has 0 bridgehead atoms. The van der Waals surface area contributed by atoms with Crippen LogP contribution in [0, 0.1) is 5.92 Å². The van der Waals surface area contributed by atoms with Gasteiger partial charge >= 0.3 is 5.97 Å². The van der Waals surface area contributed by atoms with Crippen LogP contribution in [-0.4, -0.2) is 32.7 Å². The van der Waals surface area contributed by atoms with Gasteiger partial charge in [-0.25, -0.2) is 8.42 Å². The van der Waals surface area contributed by atoms with Crippen molar-refractivity contribution < 1.29 is 27.2 Å². The van der Waals surface area contributed by atoms with Gasteiger partial charge in [0.15, 0.2) is 15.6 Å². The predicted octanol–water partition coefficient (Wildman–Crippen LogP) is 1.87. The summed E-state index contributed by atoms with van der Waals surface area (Å²) in [5, 5.41) is 2.60. The molecule has 8 heteroatoms. The molecule has 0 spiro atoms. The number of rotatable bonds is 5. The monoisotopic (exact) mass is 349 g/mol. The maximum absolute atomic E-state index is 12.3. The van der Waals surface area contributed by atoms with Crippen LogP contribution < -0.4 is 5.32 Å². The number of carbonyl (C=O) groups is 2. The van der Waals surface area contributed by atoms with Gasteiger partial charge in [-0.05, 0) is 42.8 Å². The minimum absolute atomic E-state index is 0.0956. The van der Waals surface area contributed by atoms with Crippen LogP contribution in [0.2, 0.25) is 0 Å². The number of carbonyl (C=O) groups excluding carboxylic acids is 2. The van der Waals surface area contributed by atoms with E-state index in [0.29, 0.717) is 12.1 Å². The Hall–Kier alpha value is -2.61. The summed E-state index contributed by atoms with van der Waals surface area (Å²) in [6.45, 7) is 0.261. The van der Waals surface area contributed by atoms with E-state index >= 15 is 0 Å². The van der Waals surface area contributed by atoms with E-state index in [0.717, 1.165) is 0 Å². The molecular weight excluding hydrogens is 334 g/mol. The molecule has 7 nitrogen and oxygen atoms in total. The normalized spacial score (nSPS) is 17.5. The molecule has 126 valence electrons. The molecule has 1 saturated heterocycles. The second kappa shape index (κ2) is 6.48. The third-order valence-corrected chi connectivity index (χ3v) is 5.51. The van der Waals surface area contributed by atoms with Crippen LogP contribution in [0.4, 0.5) is 5.69 Å². The first-order chi connectivity index (χ1) is 11.5. The first-order valence-corrected chi connectivity index (χ1v) is 8.95. The lowest BCUT2D eigenvalue weighted by Crippen LogP contribution is -2.20. The smallest absolute Gasteiger partial charge is 0.310 e. The second-order valence-electron chi connectivity index (χ2n) is 5.39. The first kappa shape index (κ1) is 16.3. The summed E-state index contributed by atoms with van der Waals surface area (Å²) in [6.07, 6.45) is 1.80. The lowest BCUT2D eigenvalue weighted by atomic mass is 10.1. The average Bonchev–Trinajstić information content (AvgIpc) is 3.20. The van der Waals surface area contributed by atoms with Gasteiger partial charge < -0.3 is 14.5 Å². The van der Waals surface area contributed by atoms with E-state index in [1.165, 1.54) is 36.6 Å². The molecule has 1 aliphatic heterocycles. The van der Waals surface area contributed by atoms with Crippen molar-refractivity contribution in [1.29, 1.82) is 0 Å². The van der Waals surface area contributed by atoms with Crippen LogP contribution in [0.1, 0.15) is 17.0 Å². The van der Waals surface area contributed by atoms with E-state index in [-0.39, 0.29) is 23.0 Å². The molecule has 1 amide bonds. The Labute approximate surface area is 138 Å².